The van der Waals surface area contributed by atoms with Crippen LogP contribution in [0.15, 0.2) is 54.6 Å². The first-order chi connectivity index (χ1) is 10.8. The molecule has 1 atom stereocenters. The Balaban J connectivity index is 1.70. The van der Waals surface area contributed by atoms with Crippen LogP contribution in [0.2, 0.25) is 0 Å². The van der Waals surface area contributed by atoms with Gasteiger partial charge in [0, 0.05) is 11.8 Å². The second-order valence-corrected chi connectivity index (χ2v) is 5.96. The highest BCUT2D eigenvalue weighted by Gasteiger charge is 2.00. The molecule has 0 saturated heterocycles. The molecule has 22 heavy (non-hydrogen) atoms. The molecule has 2 aromatic rings. The molecule has 0 aromatic heterocycles. The third-order valence-corrected chi connectivity index (χ3v) is 4.12. The summed E-state index contributed by atoms with van der Waals surface area (Å²) in [6, 6.07) is 19.1. The lowest BCUT2D eigenvalue weighted by Gasteiger charge is -2.09. The molecule has 1 unspecified atom stereocenters. The van der Waals surface area contributed by atoms with Crippen LogP contribution in [0.25, 0.3) is 0 Å². The van der Waals surface area contributed by atoms with Gasteiger partial charge < -0.3 is 10.5 Å². The van der Waals surface area contributed by atoms with Crippen LogP contribution in [0.4, 0.5) is 0 Å². The lowest BCUT2D eigenvalue weighted by Crippen LogP contribution is -2.21. The van der Waals surface area contributed by atoms with Crippen LogP contribution in [0.3, 0.4) is 0 Å². The fraction of sp³-hybridized carbons (Fsp3) is 0.368. The fourth-order valence-electron chi connectivity index (χ4n) is 2.32. The predicted octanol–water partition coefficient (Wildman–Crippen LogP) is 4.08. The second-order valence-electron chi connectivity index (χ2n) is 5.59. The quantitative estimate of drug-likeness (QED) is 0.540. The fourth-order valence-corrected chi connectivity index (χ4v) is 2.51. The molecule has 118 valence electrons. The molecule has 0 aliphatic heterocycles. The van der Waals surface area contributed by atoms with Gasteiger partial charge in [-0.3, -0.25) is 0 Å². The predicted molar refractivity (Wildman–Crippen MR) is 96.9 cm³/mol. The molecule has 0 bridgehead atoms. The van der Waals surface area contributed by atoms with Gasteiger partial charge in [-0.05, 0) is 48.9 Å². The Bertz CT molecular complexity index is 527. The van der Waals surface area contributed by atoms with Gasteiger partial charge in [-0.2, -0.15) is 12.6 Å². The Morgan fingerprint density at radius 3 is 2.27 bits per heavy atom. The summed E-state index contributed by atoms with van der Waals surface area (Å²) in [6.45, 7) is 0.747. The zero-order chi connectivity index (χ0) is 15.6. The van der Waals surface area contributed by atoms with Crippen LogP contribution in [-0.2, 0) is 6.42 Å². The van der Waals surface area contributed by atoms with Crippen molar-refractivity contribution in [3.63, 3.8) is 0 Å². The second kappa shape index (κ2) is 9.54. The van der Waals surface area contributed by atoms with Crippen LogP contribution < -0.4 is 10.5 Å². The Hall–Kier alpha value is -1.45. The van der Waals surface area contributed by atoms with Gasteiger partial charge >= 0.3 is 0 Å². The Labute approximate surface area is 139 Å². The lowest BCUT2D eigenvalue weighted by atomic mass is 10.1. The average Bonchev–Trinajstić information content (AvgIpc) is 2.57. The molecule has 2 aromatic carbocycles. The summed E-state index contributed by atoms with van der Waals surface area (Å²) in [5.41, 5.74) is 8.46. The van der Waals surface area contributed by atoms with Gasteiger partial charge in [0.15, 0.2) is 0 Å². The Kier molecular flexibility index (Phi) is 7.34. The van der Waals surface area contributed by atoms with E-state index in [1.807, 2.05) is 6.07 Å². The third kappa shape index (κ3) is 6.12. The minimum atomic E-state index is 0.209. The standard InChI is InChI=1S/C19H25NOS/c20-18(15-22)8-4-5-13-21-19-11-9-17(10-12-19)14-16-6-2-1-3-7-16/h1-3,6-7,9-12,18,22H,4-5,8,13-15,20H2. The number of hydrogen-bond donors (Lipinski definition) is 2. The summed E-state index contributed by atoms with van der Waals surface area (Å²) in [6.07, 6.45) is 4.10. The zero-order valence-electron chi connectivity index (χ0n) is 12.9. The van der Waals surface area contributed by atoms with E-state index in [1.54, 1.807) is 0 Å². The molecule has 2 N–H and O–H groups in total. The molecule has 0 saturated carbocycles. The van der Waals surface area contributed by atoms with Gasteiger partial charge in [-0.15, -0.1) is 0 Å². The average molecular weight is 315 g/mol. The number of nitrogens with two attached hydrogens (primary N) is 1. The van der Waals surface area contributed by atoms with E-state index < -0.39 is 0 Å². The van der Waals surface area contributed by atoms with E-state index in [-0.39, 0.29) is 6.04 Å². The molecule has 0 aliphatic rings. The highest BCUT2D eigenvalue weighted by Crippen LogP contribution is 2.15. The molecule has 0 aliphatic carbocycles. The van der Waals surface area contributed by atoms with Crippen LogP contribution in [-0.4, -0.2) is 18.4 Å². The maximum atomic E-state index is 5.83. The van der Waals surface area contributed by atoms with Crippen LogP contribution in [0.1, 0.15) is 30.4 Å². The lowest BCUT2D eigenvalue weighted by molar-refractivity contribution is 0.304. The van der Waals surface area contributed by atoms with E-state index >= 15 is 0 Å². The number of hydrogen-bond acceptors (Lipinski definition) is 3. The summed E-state index contributed by atoms with van der Waals surface area (Å²) < 4.78 is 5.77. The molecule has 0 fully saturated rings. The van der Waals surface area contributed by atoms with Gasteiger partial charge in [0.1, 0.15) is 5.75 Å². The third-order valence-electron chi connectivity index (χ3n) is 3.65. The molecule has 0 amide bonds. The van der Waals surface area contributed by atoms with Crippen molar-refractivity contribution in [1.82, 2.24) is 0 Å². The molecule has 2 rings (SSSR count). The number of thiol groups is 1. The van der Waals surface area contributed by atoms with Crippen LogP contribution in [0, 0.1) is 0 Å². The number of unbranched alkanes of at least 4 members (excludes halogenated alkanes) is 1. The molecule has 3 heteroatoms. The van der Waals surface area contributed by atoms with E-state index in [0.29, 0.717) is 0 Å². The minimum Gasteiger partial charge on any atom is -0.494 e. The van der Waals surface area contributed by atoms with Crippen molar-refractivity contribution in [3.8, 4) is 5.75 Å². The van der Waals surface area contributed by atoms with Crippen molar-refractivity contribution in [1.29, 1.82) is 0 Å². The maximum absolute atomic E-state index is 5.83. The van der Waals surface area contributed by atoms with Crippen LogP contribution in [0.5, 0.6) is 5.75 Å². The monoisotopic (exact) mass is 315 g/mol. The Morgan fingerprint density at radius 1 is 0.909 bits per heavy atom. The van der Waals surface area contributed by atoms with Crippen molar-refractivity contribution >= 4 is 12.6 Å². The topological polar surface area (TPSA) is 35.2 Å². The summed E-state index contributed by atoms with van der Waals surface area (Å²) >= 11 is 4.19. The highest BCUT2D eigenvalue weighted by atomic mass is 32.1. The van der Waals surface area contributed by atoms with Crippen molar-refractivity contribution in [2.75, 3.05) is 12.4 Å². The summed E-state index contributed by atoms with van der Waals surface area (Å²) in [5, 5.41) is 0. The normalized spacial score (nSPS) is 12.1. The molecule has 2 nitrogen and oxygen atoms in total. The van der Waals surface area contributed by atoms with Crippen molar-refractivity contribution < 1.29 is 4.74 Å². The Morgan fingerprint density at radius 2 is 1.59 bits per heavy atom. The maximum Gasteiger partial charge on any atom is 0.119 e. The molecular formula is C19H25NOS. The number of rotatable bonds is 9. The molecular weight excluding hydrogens is 290 g/mol. The molecule has 0 radical (unpaired) electrons. The largest absolute Gasteiger partial charge is 0.494 e. The van der Waals surface area contributed by atoms with E-state index in [1.165, 1.54) is 11.1 Å². The summed E-state index contributed by atoms with van der Waals surface area (Å²) in [5.74, 6) is 1.69. The first kappa shape index (κ1) is 16.9. The first-order valence-electron chi connectivity index (χ1n) is 7.90. The zero-order valence-corrected chi connectivity index (χ0v) is 13.8. The SMILES string of the molecule is NC(CS)CCCCOc1ccc(Cc2ccccc2)cc1. The van der Waals surface area contributed by atoms with E-state index in [4.69, 9.17) is 10.5 Å². The smallest absolute Gasteiger partial charge is 0.119 e. The number of ether oxygens (including phenoxy) is 1. The van der Waals surface area contributed by atoms with Gasteiger partial charge in [0.05, 0.1) is 6.61 Å². The van der Waals surface area contributed by atoms with Crippen LogP contribution >= 0.6 is 12.6 Å². The van der Waals surface area contributed by atoms with E-state index in [9.17, 15) is 0 Å². The minimum absolute atomic E-state index is 0.209. The highest BCUT2D eigenvalue weighted by molar-refractivity contribution is 7.80. The molecule has 0 spiro atoms. The summed E-state index contributed by atoms with van der Waals surface area (Å²) in [4.78, 5) is 0. The number of benzene rings is 2. The first-order valence-corrected chi connectivity index (χ1v) is 8.53. The van der Waals surface area contributed by atoms with Gasteiger partial charge in [0.25, 0.3) is 0 Å². The van der Waals surface area contributed by atoms with Crippen molar-refractivity contribution in [2.24, 2.45) is 5.73 Å². The van der Waals surface area contributed by atoms with E-state index in [0.717, 1.165) is 43.8 Å². The van der Waals surface area contributed by atoms with Crippen molar-refractivity contribution in [3.05, 3.63) is 65.7 Å². The molecule has 0 heterocycles. The van der Waals surface area contributed by atoms with Gasteiger partial charge in [-0.1, -0.05) is 42.5 Å². The van der Waals surface area contributed by atoms with Gasteiger partial charge in [-0.25, -0.2) is 0 Å². The summed E-state index contributed by atoms with van der Waals surface area (Å²) in [7, 11) is 0. The van der Waals surface area contributed by atoms with Gasteiger partial charge in [0.2, 0.25) is 0 Å². The van der Waals surface area contributed by atoms with E-state index in [2.05, 4.69) is 61.2 Å². The van der Waals surface area contributed by atoms with Crippen molar-refractivity contribution in [2.45, 2.75) is 31.7 Å².